The minimum absolute atomic E-state index is 1.12. The predicted octanol–water partition coefficient (Wildman–Crippen LogP) is -1.57. The zero-order valence-electron chi connectivity index (χ0n) is 6.69. The molecule has 1 radical (unpaired) electrons. The molecule has 0 bridgehead atoms. The molecular formula is C2H2N7O6. The van der Waals surface area contributed by atoms with Crippen molar-refractivity contribution in [1.29, 1.82) is 0 Å². The quantitative estimate of drug-likeness (QED) is 0.324. The van der Waals surface area contributed by atoms with Crippen molar-refractivity contribution in [2.75, 3.05) is 0 Å². The van der Waals surface area contributed by atoms with E-state index < -0.39 is 26.7 Å². The van der Waals surface area contributed by atoms with Crippen molar-refractivity contribution in [2.24, 2.45) is 10.3 Å². The van der Waals surface area contributed by atoms with Crippen molar-refractivity contribution in [3.05, 3.63) is 36.5 Å². The highest BCUT2D eigenvalue weighted by Crippen LogP contribution is 2.25. The van der Waals surface area contributed by atoms with E-state index in [0.29, 0.717) is 0 Å². The fourth-order valence-electron chi connectivity index (χ4n) is 0.788. The molecule has 1 aliphatic rings. The molecule has 1 heterocycles. The molecule has 1 rings (SSSR count). The van der Waals surface area contributed by atoms with Gasteiger partial charge < -0.3 is 0 Å². The highest BCUT2D eigenvalue weighted by atomic mass is 16.7. The fraction of sp³-hybridized carbons (Fsp3) is 0.500. The molecule has 0 fully saturated rings. The Hall–Kier alpha value is -2.44. The summed E-state index contributed by atoms with van der Waals surface area (Å²) in [5, 5.41) is 37.0. The van der Waals surface area contributed by atoms with Gasteiger partial charge in [-0.1, -0.05) is 5.22 Å². The third-order valence-electron chi connectivity index (χ3n) is 1.46. The van der Waals surface area contributed by atoms with Crippen molar-refractivity contribution in [3.63, 3.8) is 0 Å². The van der Waals surface area contributed by atoms with Crippen LogP contribution >= 0.6 is 0 Å². The molecule has 2 N–H and O–H groups in total. The Labute approximate surface area is 79.5 Å². The van der Waals surface area contributed by atoms with Gasteiger partial charge in [-0.15, -0.1) is 5.11 Å². The second-order valence-corrected chi connectivity index (χ2v) is 2.19. The normalized spacial score (nSPS) is 16.0. The summed E-state index contributed by atoms with van der Waals surface area (Å²) in [6.45, 7) is 0. The van der Waals surface area contributed by atoms with Gasteiger partial charge in [0.1, 0.15) is 0 Å². The first-order valence-electron chi connectivity index (χ1n) is 3.16. The number of nitro groups is 3. The zero-order valence-corrected chi connectivity index (χ0v) is 6.69. The van der Waals surface area contributed by atoms with Gasteiger partial charge in [-0.05, 0) is 0 Å². The first-order valence-corrected chi connectivity index (χ1v) is 3.16. The van der Waals surface area contributed by atoms with Crippen molar-refractivity contribution in [1.82, 2.24) is 11.0 Å². The molecule has 0 atom stereocenters. The van der Waals surface area contributed by atoms with Crippen LogP contribution in [0.4, 0.5) is 0 Å². The molecule has 0 saturated heterocycles. The molecule has 0 unspecified atom stereocenters. The van der Waals surface area contributed by atoms with Crippen LogP contribution in [0.5, 0.6) is 0 Å². The first-order chi connectivity index (χ1) is 6.94. The van der Waals surface area contributed by atoms with Crippen LogP contribution in [0.25, 0.3) is 0 Å². The van der Waals surface area contributed by atoms with E-state index in [2.05, 4.69) is 10.3 Å². The minimum Gasteiger partial charge on any atom is -0.252 e. The van der Waals surface area contributed by atoms with Crippen LogP contribution in [-0.2, 0) is 0 Å². The lowest BCUT2D eigenvalue weighted by molar-refractivity contribution is -0.963. The molecule has 15 heavy (non-hydrogen) atoms. The highest BCUT2D eigenvalue weighted by molar-refractivity contribution is 4.91. The highest BCUT2D eigenvalue weighted by Gasteiger charge is 2.80. The molecule has 0 spiro atoms. The summed E-state index contributed by atoms with van der Waals surface area (Å²) in [4.78, 5) is 26.2. The number of nitrogens with zero attached hydrogens (tertiary/aromatic N) is 5. The molecule has 0 saturated carbocycles. The topological polar surface area (TPSA) is 178 Å². The van der Waals surface area contributed by atoms with E-state index >= 15 is 0 Å². The maximum atomic E-state index is 10.4. The molecule has 0 amide bonds. The second kappa shape index (κ2) is 3.37. The summed E-state index contributed by atoms with van der Waals surface area (Å²) < 4.78 is 0. The van der Waals surface area contributed by atoms with Crippen molar-refractivity contribution < 1.29 is 14.8 Å². The molecule has 1 aliphatic heterocycles. The Morgan fingerprint density at radius 3 is 1.80 bits per heavy atom. The molecule has 13 heteroatoms. The van der Waals surface area contributed by atoms with E-state index in [1.807, 2.05) is 0 Å². The Morgan fingerprint density at radius 1 is 1.07 bits per heavy atom. The van der Waals surface area contributed by atoms with E-state index in [1.54, 1.807) is 11.0 Å². The van der Waals surface area contributed by atoms with Gasteiger partial charge in [-0.3, -0.25) is 30.3 Å². The van der Waals surface area contributed by atoms with Crippen molar-refractivity contribution in [2.45, 2.75) is 5.79 Å². The van der Waals surface area contributed by atoms with E-state index in [-0.39, 0.29) is 0 Å². The monoisotopic (exact) mass is 220 g/mol. The lowest BCUT2D eigenvalue weighted by Crippen LogP contribution is -2.60. The maximum absolute atomic E-state index is 10.4. The van der Waals surface area contributed by atoms with E-state index in [4.69, 9.17) is 0 Å². The second-order valence-electron chi connectivity index (χ2n) is 2.19. The molecular weight excluding hydrogens is 218 g/mol. The Bertz CT molecular complexity index is 313. The largest absolute Gasteiger partial charge is 0.747 e. The Kier molecular flexibility index (Phi) is 2.39. The van der Waals surface area contributed by atoms with Crippen molar-refractivity contribution in [3.8, 4) is 0 Å². The third kappa shape index (κ3) is 1.30. The van der Waals surface area contributed by atoms with Gasteiger partial charge in [0, 0.05) is 0 Å². The molecule has 0 aromatic carbocycles. The average molecular weight is 220 g/mol. The lowest BCUT2D eigenvalue weighted by atomic mass is 10.3. The maximum Gasteiger partial charge on any atom is 0.747 e. The van der Waals surface area contributed by atoms with Crippen LogP contribution < -0.4 is 11.0 Å². The SMILES string of the molecule is O=[N+]([O-])C([C]1N=NNN1)([N+](=O)[O-])[N+](=O)[O-]. The number of hydrogen-bond donors (Lipinski definition) is 2. The Morgan fingerprint density at radius 2 is 1.53 bits per heavy atom. The van der Waals surface area contributed by atoms with Crippen LogP contribution in [0.1, 0.15) is 0 Å². The predicted molar refractivity (Wildman–Crippen MR) is 38.1 cm³/mol. The number of hydrogen-bond acceptors (Lipinski definition) is 10. The zero-order chi connectivity index (χ0) is 11.6. The standard InChI is InChI=1S/C2H2N7O6/c10-7(11)2(8(12)13,9(14)15)1-3-5-6-4-1/h(H,3,6)(H,4,5). The summed E-state index contributed by atoms with van der Waals surface area (Å²) in [6, 6.07) is 0. The average Bonchev–Trinajstić information content (AvgIpc) is 2.55. The van der Waals surface area contributed by atoms with Gasteiger partial charge in [0.15, 0.2) is 14.8 Å². The lowest BCUT2D eigenvalue weighted by Gasteiger charge is -2.09. The third-order valence-corrected chi connectivity index (χ3v) is 1.46. The molecule has 0 aromatic rings. The summed E-state index contributed by atoms with van der Waals surface area (Å²) >= 11 is 0. The summed E-state index contributed by atoms with van der Waals surface area (Å²) in [6.07, 6.45) is -1.12. The van der Waals surface area contributed by atoms with Crippen LogP contribution in [0.3, 0.4) is 0 Å². The molecule has 0 aromatic heterocycles. The molecule has 13 nitrogen and oxygen atoms in total. The van der Waals surface area contributed by atoms with E-state index in [1.165, 1.54) is 0 Å². The van der Waals surface area contributed by atoms with Crippen LogP contribution in [0.2, 0.25) is 0 Å². The van der Waals surface area contributed by atoms with Gasteiger partial charge in [0.05, 0.1) is 0 Å². The van der Waals surface area contributed by atoms with Gasteiger partial charge >= 0.3 is 12.0 Å². The summed E-state index contributed by atoms with van der Waals surface area (Å²) in [5.41, 5.74) is 3.55. The minimum atomic E-state index is -3.77. The number of hydrazine groups is 1. The van der Waals surface area contributed by atoms with Gasteiger partial charge in [-0.25, -0.2) is 5.53 Å². The first kappa shape index (κ1) is 10.6. The fourth-order valence-corrected chi connectivity index (χ4v) is 0.788. The summed E-state index contributed by atoms with van der Waals surface area (Å²) in [7, 11) is 0. The summed E-state index contributed by atoms with van der Waals surface area (Å²) in [5.74, 6) is -3.77. The van der Waals surface area contributed by atoms with Gasteiger partial charge in [0.2, 0.25) is 0 Å². The van der Waals surface area contributed by atoms with Crippen LogP contribution in [0.15, 0.2) is 10.3 Å². The van der Waals surface area contributed by atoms with Crippen LogP contribution in [0, 0.1) is 36.5 Å². The number of rotatable bonds is 4. The van der Waals surface area contributed by atoms with E-state index in [9.17, 15) is 30.3 Å². The van der Waals surface area contributed by atoms with Gasteiger partial charge in [-0.2, -0.15) is 5.43 Å². The number of nitrogens with one attached hydrogen (secondary N) is 2. The van der Waals surface area contributed by atoms with Gasteiger partial charge in [0.25, 0.3) is 0 Å². The van der Waals surface area contributed by atoms with Crippen molar-refractivity contribution >= 4 is 0 Å². The smallest absolute Gasteiger partial charge is 0.252 e. The van der Waals surface area contributed by atoms with E-state index in [0.717, 1.165) is 0 Å². The molecule has 81 valence electrons. The Balaban J connectivity index is 3.25. The molecule has 0 aliphatic carbocycles. The van der Waals surface area contributed by atoms with Crippen LogP contribution in [-0.4, -0.2) is 20.6 Å².